The van der Waals surface area contributed by atoms with Crippen molar-refractivity contribution in [3.63, 3.8) is 0 Å². The van der Waals surface area contributed by atoms with Crippen molar-refractivity contribution in [1.82, 2.24) is 9.78 Å². The molecule has 8 heteroatoms. The molecule has 2 aromatic carbocycles. The van der Waals surface area contributed by atoms with E-state index in [4.69, 9.17) is 4.74 Å². The number of hydrogen-bond acceptors (Lipinski definition) is 7. The molecule has 0 radical (unpaired) electrons. The molecular formula is C27H36N6O2. The Hall–Kier alpha value is -3.55. The summed E-state index contributed by atoms with van der Waals surface area (Å²) >= 11 is 0. The van der Waals surface area contributed by atoms with Crippen molar-refractivity contribution in [2.24, 2.45) is 20.5 Å². The zero-order chi connectivity index (χ0) is 25.2. The van der Waals surface area contributed by atoms with Gasteiger partial charge in [-0.3, -0.25) is 0 Å². The van der Waals surface area contributed by atoms with Crippen LogP contribution in [0.3, 0.4) is 0 Å². The predicted octanol–water partition coefficient (Wildman–Crippen LogP) is 9.08. The Balaban J connectivity index is 1.69. The SMILES string of the molecule is CCCCOc1ccc(N=Nc2ccc(N=Nc3c(C(C)CC)nn(C(C)CC)c3O)cc2)cc1. The van der Waals surface area contributed by atoms with Crippen LogP contribution in [0.5, 0.6) is 11.6 Å². The third kappa shape index (κ3) is 6.97. The summed E-state index contributed by atoms with van der Waals surface area (Å²) in [4.78, 5) is 0. The zero-order valence-corrected chi connectivity index (χ0v) is 21.3. The molecule has 0 spiro atoms. The lowest BCUT2D eigenvalue weighted by molar-refractivity contribution is 0.309. The van der Waals surface area contributed by atoms with E-state index in [0.29, 0.717) is 17.1 Å². The van der Waals surface area contributed by atoms with Crippen LogP contribution >= 0.6 is 0 Å². The molecule has 0 saturated carbocycles. The van der Waals surface area contributed by atoms with Crippen molar-refractivity contribution in [3.05, 3.63) is 54.2 Å². The van der Waals surface area contributed by atoms with Crippen molar-refractivity contribution in [1.29, 1.82) is 0 Å². The molecule has 1 aromatic heterocycles. The average molecular weight is 477 g/mol. The minimum absolute atomic E-state index is 0.0607. The van der Waals surface area contributed by atoms with Crippen LogP contribution in [0.15, 0.2) is 69.0 Å². The molecule has 3 rings (SSSR count). The lowest BCUT2D eigenvalue weighted by atomic mass is 10.0. The molecule has 35 heavy (non-hydrogen) atoms. The van der Waals surface area contributed by atoms with Gasteiger partial charge >= 0.3 is 0 Å². The molecule has 186 valence electrons. The molecule has 0 aliphatic carbocycles. The molecule has 1 heterocycles. The lowest BCUT2D eigenvalue weighted by Gasteiger charge is -2.09. The average Bonchev–Trinajstić information content (AvgIpc) is 3.22. The van der Waals surface area contributed by atoms with Crippen molar-refractivity contribution < 1.29 is 9.84 Å². The van der Waals surface area contributed by atoms with E-state index < -0.39 is 0 Å². The maximum atomic E-state index is 10.7. The van der Waals surface area contributed by atoms with E-state index in [-0.39, 0.29) is 17.8 Å². The molecule has 0 fully saturated rings. The van der Waals surface area contributed by atoms with Gasteiger partial charge in [-0.15, -0.1) is 5.11 Å². The van der Waals surface area contributed by atoms with Crippen LogP contribution in [0.4, 0.5) is 22.7 Å². The highest BCUT2D eigenvalue weighted by Gasteiger charge is 2.23. The molecular weight excluding hydrogens is 440 g/mol. The molecule has 1 N–H and O–H groups in total. The smallest absolute Gasteiger partial charge is 0.238 e. The van der Waals surface area contributed by atoms with Gasteiger partial charge in [0.2, 0.25) is 5.88 Å². The van der Waals surface area contributed by atoms with Gasteiger partial charge in [-0.25, -0.2) is 4.68 Å². The van der Waals surface area contributed by atoms with Crippen molar-refractivity contribution in [2.45, 2.75) is 72.3 Å². The number of aromatic nitrogens is 2. The highest BCUT2D eigenvalue weighted by Crippen LogP contribution is 2.39. The predicted molar refractivity (Wildman–Crippen MR) is 139 cm³/mol. The number of unbranched alkanes of at least 4 members (excludes halogenated alkanes) is 1. The first-order valence-corrected chi connectivity index (χ1v) is 12.4. The van der Waals surface area contributed by atoms with E-state index in [9.17, 15) is 5.11 Å². The largest absolute Gasteiger partial charge is 0.494 e. The second kappa shape index (κ2) is 12.8. The van der Waals surface area contributed by atoms with Crippen LogP contribution in [0.2, 0.25) is 0 Å². The first kappa shape index (κ1) is 26.1. The summed E-state index contributed by atoms with van der Waals surface area (Å²) in [7, 11) is 0. The van der Waals surface area contributed by atoms with E-state index in [2.05, 4.69) is 53.3 Å². The maximum absolute atomic E-state index is 10.7. The molecule has 0 aliphatic heterocycles. The molecule has 0 aliphatic rings. The highest BCUT2D eigenvalue weighted by molar-refractivity contribution is 5.54. The quantitative estimate of drug-likeness (QED) is 0.208. The minimum atomic E-state index is 0.0607. The van der Waals surface area contributed by atoms with Gasteiger partial charge in [-0.1, -0.05) is 34.1 Å². The summed E-state index contributed by atoms with van der Waals surface area (Å²) in [6.07, 6.45) is 3.91. The topological polar surface area (TPSA) is 96.7 Å². The second-order valence-corrected chi connectivity index (χ2v) is 8.68. The Morgan fingerprint density at radius 1 is 0.829 bits per heavy atom. The summed E-state index contributed by atoms with van der Waals surface area (Å²) in [6, 6.07) is 15.0. The number of azo groups is 2. The zero-order valence-electron chi connectivity index (χ0n) is 21.3. The fraction of sp³-hybridized carbons (Fsp3) is 0.444. The molecule has 0 saturated heterocycles. The van der Waals surface area contributed by atoms with Gasteiger partial charge in [0, 0.05) is 5.92 Å². The van der Waals surface area contributed by atoms with E-state index >= 15 is 0 Å². The molecule has 2 unspecified atom stereocenters. The second-order valence-electron chi connectivity index (χ2n) is 8.68. The minimum Gasteiger partial charge on any atom is -0.494 e. The third-order valence-electron chi connectivity index (χ3n) is 5.97. The Bertz CT molecular complexity index is 1120. The van der Waals surface area contributed by atoms with Gasteiger partial charge in [0.05, 0.1) is 35.4 Å². The van der Waals surface area contributed by atoms with Gasteiger partial charge < -0.3 is 9.84 Å². The third-order valence-corrected chi connectivity index (χ3v) is 5.97. The van der Waals surface area contributed by atoms with Crippen LogP contribution in [0.1, 0.15) is 78.0 Å². The van der Waals surface area contributed by atoms with Crippen molar-refractivity contribution >= 4 is 22.7 Å². The number of rotatable bonds is 12. The molecule has 3 aromatic rings. The number of ether oxygens (including phenoxy) is 1. The fourth-order valence-corrected chi connectivity index (χ4v) is 3.29. The first-order valence-electron chi connectivity index (χ1n) is 12.4. The summed E-state index contributed by atoms with van der Waals surface area (Å²) in [5, 5.41) is 32.7. The Labute approximate surface area is 207 Å². The number of benzene rings is 2. The van der Waals surface area contributed by atoms with Crippen LogP contribution in [-0.2, 0) is 0 Å². The molecule has 2 atom stereocenters. The fourth-order valence-electron chi connectivity index (χ4n) is 3.29. The molecule has 0 bridgehead atoms. The van der Waals surface area contributed by atoms with Gasteiger partial charge in [-0.2, -0.15) is 20.4 Å². The van der Waals surface area contributed by atoms with Gasteiger partial charge in [-0.05, 0) is 74.7 Å². The Morgan fingerprint density at radius 2 is 1.37 bits per heavy atom. The van der Waals surface area contributed by atoms with Gasteiger partial charge in [0.15, 0.2) is 5.69 Å². The van der Waals surface area contributed by atoms with Crippen molar-refractivity contribution in [2.75, 3.05) is 6.61 Å². The lowest BCUT2D eigenvalue weighted by Crippen LogP contribution is -2.06. The van der Waals surface area contributed by atoms with Crippen LogP contribution in [0, 0.1) is 0 Å². The van der Waals surface area contributed by atoms with Crippen molar-refractivity contribution in [3.8, 4) is 11.6 Å². The van der Waals surface area contributed by atoms with Crippen LogP contribution in [-0.4, -0.2) is 21.5 Å². The molecule has 8 nitrogen and oxygen atoms in total. The normalized spacial score (nSPS) is 13.5. The van der Waals surface area contributed by atoms with Gasteiger partial charge in [0.25, 0.3) is 0 Å². The molecule has 0 amide bonds. The summed E-state index contributed by atoms with van der Waals surface area (Å²) in [6.45, 7) is 11.1. The maximum Gasteiger partial charge on any atom is 0.238 e. The number of hydrogen-bond donors (Lipinski definition) is 1. The van der Waals surface area contributed by atoms with Gasteiger partial charge in [0.1, 0.15) is 5.75 Å². The summed E-state index contributed by atoms with van der Waals surface area (Å²) < 4.78 is 7.31. The summed E-state index contributed by atoms with van der Waals surface area (Å²) in [5.41, 5.74) is 3.32. The number of nitrogens with zero attached hydrogens (tertiary/aromatic N) is 6. The monoisotopic (exact) mass is 476 g/mol. The van der Waals surface area contributed by atoms with E-state index in [1.807, 2.05) is 55.5 Å². The van der Waals surface area contributed by atoms with Crippen LogP contribution < -0.4 is 4.74 Å². The van der Waals surface area contributed by atoms with E-state index in [0.717, 1.165) is 49.4 Å². The van der Waals surface area contributed by atoms with E-state index in [1.54, 1.807) is 4.68 Å². The van der Waals surface area contributed by atoms with E-state index in [1.165, 1.54) is 0 Å². The standard InChI is InChI=1S/C27H36N6O2/c1-6-9-18-35-24-16-14-23(15-17-24)29-28-21-10-12-22(13-11-21)30-31-26-25(19(4)7-2)32-33(27(26)34)20(5)8-3/h10-17,19-20,34H,6-9,18H2,1-5H3. The highest BCUT2D eigenvalue weighted by atomic mass is 16.5. The van der Waals surface area contributed by atoms with Crippen LogP contribution in [0.25, 0.3) is 0 Å². The first-order chi connectivity index (χ1) is 17.0. The Morgan fingerprint density at radius 3 is 1.89 bits per heavy atom. The Kier molecular flexibility index (Phi) is 9.52. The summed E-state index contributed by atoms with van der Waals surface area (Å²) in [5.74, 6) is 1.06. The number of aromatic hydroxyl groups is 1.